The fraction of sp³-hybridized carbons (Fsp3) is 0.132. The molecule has 2 N–H and O–H groups in total. The average molecular weight is 861 g/mol. The van der Waals surface area contributed by atoms with E-state index >= 15 is 0 Å². The summed E-state index contributed by atoms with van der Waals surface area (Å²) in [4.78, 5) is 78.4. The number of nitrogens with zero attached hydrogens (tertiary/aromatic N) is 2. The van der Waals surface area contributed by atoms with Crippen LogP contribution in [0.4, 0.5) is 22.7 Å². The standard InChI is InChI=1S/C53H40N4O8/c1-56-43-21-19-41(50-48(43)39(28-45(56)59)35-7-3-5-9-37(35)52(50)62)54-31-13-11-30(12-14-31)23-25-65-47(61)27-33(58)24-26-64-34-17-15-32(16-18-34)55-42-20-22-44-49-40(29-46(60)57(44)2)36-8-4-6-10-38(36)53(63)51(42)49/h3-22,28-29,54-55H,23-27H2,1-2H3. The first-order chi connectivity index (χ1) is 31.5. The molecule has 0 atom stereocenters. The number of ketones is 3. The maximum Gasteiger partial charge on any atom is 0.313 e. The van der Waals surface area contributed by atoms with E-state index in [1.54, 1.807) is 65.7 Å². The zero-order chi connectivity index (χ0) is 44.9. The Kier molecular flexibility index (Phi) is 10.3. The van der Waals surface area contributed by atoms with Crippen LogP contribution in [0.2, 0.25) is 0 Å². The van der Waals surface area contributed by atoms with Crippen LogP contribution in [0.3, 0.4) is 0 Å². The quantitative estimate of drug-likeness (QED) is 0.0849. The number of esters is 1. The van der Waals surface area contributed by atoms with E-state index in [4.69, 9.17) is 9.47 Å². The SMILES string of the molecule is Cn1c(=O)cc2c3c(c(Nc4ccc(CCOC(=O)CC(=O)CCOc5ccc(Nc6ccc7c8c(cc(=O)n7C)-c7ccccc7C(=O)c68)cc5)cc4)ccc31)C(=O)c1ccccc1-2. The molecule has 12 heteroatoms. The molecule has 8 aromatic rings. The molecule has 0 radical (unpaired) electrons. The Morgan fingerprint density at radius 2 is 1.02 bits per heavy atom. The van der Waals surface area contributed by atoms with Gasteiger partial charge in [-0.3, -0.25) is 28.8 Å². The Hall–Kier alpha value is -8.38. The molecular formula is C53H40N4O8. The number of ether oxygens (including phenoxy) is 2. The average Bonchev–Trinajstić information content (AvgIpc) is 3.31. The summed E-state index contributed by atoms with van der Waals surface area (Å²) in [5, 5.41) is 8.21. The van der Waals surface area contributed by atoms with Gasteiger partial charge in [-0.25, -0.2) is 0 Å². The fourth-order valence-electron chi connectivity index (χ4n) is 8.88. The minimum atomic E-state index is -0.610. The van der Waals surface area contributed by atoms with Crippen LogP contribution in [0, 0.1) is 0 Å². The number of aryl methyl sites for hydroxylation is 2. The number of aromatic nitrogens is 2. The van der Waals surface area contributed by atoms with Crippen LogP contribution in [0.1, 0.15) is 50.2 Å². The first-order valence-electron chi connectivity index (χ1n) is 21.2. The summed E-state index contributed by atoms with van der Waals surface area (Å²) in [6, 6.07) is 39.8. The third-order valence-corrected chi connectivity index (χ3v) is 12.2. The molecular weight excluding hydrogens is 821 g/mol. The first-order valence-corrected chi connectivity index (χ1v) is 21.2. The smallest absolute Gasteiger partial charge is 0.313 e. The maximum atomic E-state index is 13.8. The molecule has 2 aromatic heterocycles. The lowest BCUT2D eigenvalue weighted by atomic mass is 9.83. The van der Waals surface area contributed by atoms with Gasteiger partial charge in [-0.2, -0.15) is 0 Å². The van der Waals surface area contributed by atoms with Crippen molar-refractivity contribution in [1.82, 2.24) is 9.13 Å². The number of benzene rings is 6. The number of Topliss-reactive ketones (excluding diaryl/α,β-unsaturated/α-hetero) is 1. The maximum absolute atomic E-state index is 13.8. The summed E-state index contributed by atoms with van der Waals surface area (Å²) >= 11 is 0. The number of nitrogens with one attached hydrogen (secondary N) is 2. The third-order valence-electron chi connectivity index (χ3n) is 12.2. The first kappa shape index (κ1) is 40.7. The van der Waals surface area contributed by atoms with Crippen molar-refractivity contribution in [2.45, 2.75) is 19.3 Å². The summed E-state index contributed by atoms with van der Waals surface area (Å²) in [7, 11) is 3.40. The number of hydrogen-bond donors (Lipinski definition) is 2. The van der Waals surface area contributed by atoms with E-state index in [9.17, 15) is 28.8 Å². The van der Waals surface area contributed by atoms with Gasteiger partial charge in [0.1, 0.15) is 18.0 Å². The Bertz CT molecular complexity index is 3210. The topological polar surface area (TPSA) is 155 Å². The Morgan fingerprint density at radius 1 is 0.538 bits per heavy atom. The van der Waals surface area contributed by atoms with E-state index in [1.807, 2.05) is 91.0 Å². The van der Waals surface area contributed by atoms with Crippen LogP contribution in [-0.2, 0) is 34.8 Å². The second kappa shape index (κ2) is 16.4. The van der Waals surface area contributed by atoms with E-state index in [0.717, 1.165) is 44.3 Å². The van der Waals surface area contributed by atoms with Gasteiger partial charge in [-0.05, 0) is 88.5 Å². The van der Waals surface area contributed by atoms with Gasteiger partial charge in [0, 0.05) is 72.3 Å². The van der Waals surface area contributed by atoms with E-state index in [1.165, 1.54) is 0 Å². The van der Waals surface area contributed by atoms with Crippen molar-refractivity contribution in [3.8, 4) is 28.0 Å². The van der Waals surface area contributed by atoms with E-state index < -0.39 is 5.97 Å². The van der Waals surface area contributed by atoms with Gasteiger partial charge in [0.25, 0.3) is 11.1 Å². The summed E-state index contributed by atoms with van der Waals surface area (Å²) in [6.07, 6.45) is 0.0981. The third kappa shape index (κ3) is 7.34. The lowest BCUT2D eigenvalue weighted by Gasteiger charge is -2.23. The molecule has 6 aromatic carbocycles. The molecule has 2 aliphatic carbocycles. The van der Waals surface area contributed by atoms with Gasteiger partial charge >= 0.3 is 5.97 Å². The molecule has 0 spiro atoms. The Labute approximate surface area is 371 Å². The molecule has 10 rings (SSSR count). The van der Waals surface area contributed by atoms with Crippen LogP contribution in [0.5, 0.6) is 5.75 Å². The van der Waals surface area contributed by atoms with Crippen LogP contribution in [0.25, 0.3) is 44.1 Å². The second-order valence-electron chi connectivity index (χ2n) is 16.2. The van der Waals surface area contributed by atoms with E-state index in [0.29, 0.717) is 62.5 Å². The zero-order valence-electron chi connectivity index (χ0n) is 35.4. The van der Waals surface area contributed by atoms with Crippen LogP contribution in [-0.4, -0.2) is 45.7 Å². The molecule has 0 aliphatic heterocycles. The molecule has 12 nitrogen and oxygen atoms in total. The summed E-state index contributed by atoms with van der Waals surface area (Å²) < 4.78 is 14.3. The summed E-state index contributed by atoms with van der Waals surface area (Å²) in [5.41, 5.74) is 9.70. The van der Waals surface area contributed by atoms with Crippen molar-refractivity contribution in [1.29, 1.82) is 0 Å². The van der Waals surface area contributed by atoms with E-state index in [-0.39, 0.29) is 54.5 Å². The van der Waals surface area contributed by atoms with Gasteiger partial charge in [0.05, 0.1) is 46.7 Å². The Morgan fingerprint density at radius 3 is 1.52 bits per heavy atom. The molecule has 0 saturated carbocycles. The van der Waals surface area contributed by atoms with Crippen LogP contribution < -0.4 is 26.5 Å². The highest BCUT2D eigenvalue weighted by atomic mass is 16.5. The minimum Gasteiger partial charge on any atom is -0.493 e. The fourth-order valence-corrected chi connectivity index (χ4v) is 8.88. The predicted octanol–water partition coefficient (Wildman–Crippen LogP) is 8.81. The highest BCUT2D eigenvalue weighted by molar-refractivity contribution is 6.29. The number of carbonyl (C=O) groups is 4. The zero-order valence-corrected chi connectivity index (χ0v) is 35.4. The molecule has 320 valence electrons. The van der Waals surface area contributed by atoms with Crippen molar-refractivity contribution < 1.29 is 28.7 Å². The number of carbonyl (C=O) groups excluding carboxylic acids is 4. The molecule has 0 amide bonds. The van der Waals surface area contributed by atoms with Crippen molar-refractivity contribution in [2.75, 3.05) is 23.8 Å². The summed E-state index contributed by atoms with van der Waals surface area (Å²) in [6.45, 7) is 0.176. The Balaban J connectivity index is 0.705. The predicted molar refractivity (Wildman–Crippen MR) is 250 cm³/mol. The molecule has 0 unspecified atom stereocenters. The van der Waals surface area contributed by atoms with Gasteiger partial charge in [0.2, 0.25) is 0 Å². The normalized spacial score (nSPS) is 12.2. The van der Waals surface area contributed by atoms with Gasteiger partial charge in [-0.15, -0.1) is 0 Å². The lowest BCUT2D eigenvalue weighted by Crippen LogP contribution is -2.21. The monoisotopic (exact) mass is 860 g/mol. The van der Waals surface area contributed by atoms with Crippen molar-refractivity contribution in [3.63, 3.8) is 0 Å². The molecule has 2 aliphatic rings. The molecule has 2 heterocycles. The molecule has 0 fully saturated rings. The number of hydrogen-bond acceptors (Lipinski definition) is 10. The van der Waals surface area contributed by atoms with Crippen LogP contribution >= 0.6 is 0 Å². The second-order valence-corrected chi connectivity index (χ2v) is 16.2. The van der Waals surface area contributed by atoms with E-state index in [2.05, 4.69) is 10.6 Å². The van der Waals surface area contributed by atoms with Gasteiger partial charge in [0.15, 0.2) is 11.6 Å². The molecule has 0 saturated heterocycles. The number of rotatable bonds is 13. The molecule has 0 bridgehead atoms. The van der Waals surface area contributed by atoms with Crippen molar-refractivity contribution >= 4 is 67.9 Å². The number of anilines is 4. The van der Waals surface area contributed by atoms with Gasteiger partial charge < -0.3 is 29.2 Å². The number of fused-ring (bicyclic) bond motifs is 4. The largest absolute Gasteiger partial charge is 0.493 e. The highest BCUT2D eigenvalue weighted by Gasteiger charge is 2.30. The minimum absolute atomic E-state index is 0.0227. The lowest BCUT2D eigenvalue weighted by molar-refractivity contribution is -0.146. The number of pyridine rings is 2. The van der Waals surface area contributed by atoms with Crippen molar-refractivity contribution in [2.24, 2.45) is 14.1 Å². The summed E-state index contributed by atoms with van der Waals surface area (Å²) in [5.74, 6) is -0.627. The van der Waals surface area contributed by atoms with Crippen molar-refractivity contribution in [3.05, 3.63) is 182 Å². The highest BCUT2D eigenvalue weighted by Crippen LogP contribution is 2.43. The molecule has 65 heavy (non-hydrogen) atoms. The van der Waals surface area contributed by atoms with Gasteiger partial charge in [-0.1, -0.05) is 60.7 Å². The van der Waals surface area contributed by atoms with Crippen LogP contribution in [0.15, 0.2) is 143 Å².